The number of pyridine rings is 1. The van der Waals surface area contributed by atoms with Crippen molar-refractivity contribution >= 4 is 40.2 Å². The number of aromatic nitrogens is 2. The van der Waals surface area contributed by atoms with Gasteiger partial charge in [-0.2, -0.15) is 0 Å². The summed E-state index contributed by atoms with van der Waals surface area (Å²) in [6, 6.07) is 6.90. The fraction of sp³-hybridized carbons (Fsp3) is 0.176. The van der Waals surface area contributed by atoms with Crippen LogP contribution in [-0.4, -0.2) is 23.3 Å². The molecule has 0 aliphatic heterocycles. The second kappa shape index (κ2) is 6.34. The second-order valence-corrected chi connectivity index (χ2v) is 6.24. The van der Waals surface area contributed by atoms with Crippen LogP contribution in [0.25, 0.3) is 11.0 Å². The third-order valence-corrected chi connectivity index (χ3v) is 4.72. The molecule has 24 heavy (non-hydrogen) atoms. The number of methoxy groups -OCH3 is 1. The van der Waals surface area contributed by atoms with Crippen LogP contribution in [-0.2, 0) is 11.2 Å². The summed E-state index contributed by atoms with van der Waals surface area (Å²) in [7, 11) is 1.30. The molecule has 3 rings (SSSR count). The van der Waals surface area contributed by atoms with Gasteiger partial charge in [-0.15, -0.1) is 0 Å². The van der Waals surface area contributed by atoms with Crippen LogP contribution in [0.5, 0.6) is 0 Å². The lowest BCUT2D eigenvalue weighted by Gasteiger charge is -2.09. The third-order valence-electron chi connectivity index (χ3n) is 3.93. The molecule has 0 saturated carbocycles. The van der Waals surface area contributed by atoms with E-state index in [1.54, 1.807) is 12.3 Å². The highest BCUT2D eigenvalue weighted by Gasteiger charge is 2.20. The SMILES string of the molecule is COC(=O)c1ccc(Cl)c(Cc2cc3c(C)cc[n+](O)c3[nH]2)c1Cl. The molecule has 5 nitrogen and oxygen atoms in total. The number of nitrogens with one attached hydrogen (secondary N) is 1. The van der Waals surface area contributed by atoms with Crippen molar-refractivity contribution in [1.82, 2.24) is 4.98 Å². The number of fused-ring (bicyclic) bond motifs is 1. The van der Waals surface area contributed by atoms with E-state index in [1.165, 1.54) is 13.2 Å². The Hall–Kier alpha value is -2.24. The summed E-state index contributed by atoms with van der Waals surface area (Å²) in [5.41, 5.74) is 3.31. The molecule has 0 amide bonds. The molecule has 2 heterocycles. The molecule has 0 unspecified atom stereocenters. The summed E-state index contributed by atoms with van der Waals surface area (Å²) >= 11 is 12.6. The zero-order chi connectivity index (χ0) is 17.4. The van der Waals surface area contributed by atoms with Crippen LogP contribution in [0.3, 0.4) is 0 Å². The topological polar surface area (TPSA) is 66.2 Å². The minimum Gasteiger partial charge on any atom is -0.465 e. The largest absolute Gasteiger partial charge is 0.465 e. The van der Waals surface area contributed by atoms with Gasteiger partial charge in [0.2, 0.25) is 0 Å². The Morgan fingerprint density at radius 1 is 1.33 bits per heavy atom. The van der Waals surface area contributed by atoms with Gasteiger partial charge in [0.1, 0.15) is 11.9 Å². The van der Waals surface area contributed by atoms with Crippen LogP contribution in [0, 0.1) is 6.92 Å². The Balaban J connectivity index is 2.07. The van der Waals surface area contributed by atoms with Crippen LogP contribution in [0.4, 0.5) is 0 Å². The molecule has 2 N–H and O–H groups in total. The summed E-state index contributed by atoms with van der Waals surface area (Å²) < 4.78 is 5.76. The number of H-pyrrole nitrogens is 1. The number of aryl methyl sites for hydroxylation is 1. The number of ether oxygens (including phenoxy) is 1. The van der Waals surface area contributed by atoms with Gasteiger partial charge in [-0.1, -0.05) is 27.9 Å². The van der Waals surface area contributed by atoms with Crippen molar-refractivity contribution in [3.8, 4) is 0 Å². The first-order valence-electron chi connectivity index (χ1n) is 7.19. The van der Waals surface area contributed by atoms with Gasteiger partial charge in [0.25, 0.3) is 0 Å². The lowest BCUT2D eigenvalue weighted by molar-refractivity contribution is -0.885. The van der Waals surface area contributed by atoms with Crippen molar-refractivity contribution in [2.24, 2.45) is 0 Å². The number of carbonyl (C=O) groups is 1. The standard InChI is InChI=1S/C17H14Cl2N2O3/c1-9-5-6-21(23)16-12(9)7-10(20-16)8-13-14(18)4-3-11(15(13)19)17(22)24-2/h3-7,23H,8H2,1-2H3/p+1. The number of nitrogens with zero attached hydrogens (tertiary/aromatic N) is 1. The van der Waals surface area contributed by atoms with E-state index in [9.17, 15) is 10.0 Å². The number of esters is 1. The van der Waals surface area contributed by atoms with Gasteiger partial charge in [0, 0.05) is 11.4 Å². The van der Waals surface area contributed by atoms with Crippen molar-refractivity contribution in [2.45, 2.75) is 13.3 Å². The summed E-state index contributed by atoms with van der Waals surface area (Å²) in [6.45, 7) is 1.96. The molecule has 0 atom stereocenters. The van der Waals surface area contributed by atoms with Gasteiger partial charge < -0.3 is 9.94 Å². The quantitative estimate of drug-likeness (QED) is 0.422. The molecule has 0 fully saturated rings. The predicted molar refractivity (Wildman–Crippen MR) is 91.0 cm³/mol. The van der Waals surface area contributed by atoms with Gasteiger partial charge in [-0.05, 0) is 42.3 Å². The lowest BCUT2D eigenvalue weighted by Crippen LogP contribution is -2.30. The lowest BCUT2D eigenvalue weighted by atomic mass is 10.1. The summed E-state index contributed by atoms with van der Waals surface area (Å²) in [4.78, 5) is 14.9. The molecule has 1 aromatic carbocycles. The van der Waals surface area contributed by atoms with Crippen molar-refractivity contribution in [3.05, 3.63) is 62.9 Å². The summed E-state index contributed by atoms with van der Waals surface area (Å²) in [5.74, 6) is -0.515. The average Bonchev–Trinajstić information content (AvgIpc) is 2.99. The Labute approximate surface area is 148 Å². The van der Waals surface area contributed by atoms with E-state index in [2.05, 4.69) is 4.98 Å². The van der Waals surface area contributed by atoms with Crippen LogP contribution in [0.15, 0.2) is 30.5 Å². The van der Waals surface area contributed by atoms with Crippen molar-refractivity contribution in [3.63, 3.8) is 0 Å². The predicted octanol–water partition coefficient (Wildman–Crippen LogP) is 3.69. The second-order valence-electron chi connectivity index (χ2n) is 5.46. The average molecular weight is 366 g/mol. The number of halogens is 2. The first kappa shape index (κ1) is 16.6. The maximum atomic E-state index is 11.8. The Bertz CT molecular complexity index is 912. The van der Waals surface area contributed by atoms with Crippen molar-refractivity contribution < 1.29 is 19.5 Å². The van der Waals surface area contributed by atoms with Crippen molar-refractivity contribution in [1.29, 1.82) is 0 Å². The van der Waals surface area contributed by atoms with Gasteiger partial charge in [-0.25, -0.2) is 9.78 Å². The van der Waals surface area contributed by atoms with Crippen LogP contribution < -0.4 is 4.73 Å². The van der Waals surface area contributed by atoms with Crippen LogP contribution >= 0.6 is 23.2 Å². The number of benzene rings is 1. The van der Waals surface area contributed by atoms with E-state index in [-0.39, 0.29) is 10.6 Å². The smallest absolute Gasteiger partial charge is 0.339 e. The van der Waals surface area contributed by atoms with E-state index in [1.807, 2.05) is 19.1 Å². The third kappa shape index (κ3) is 2.81. The molecule has 0 aliphatic rings. The van der Waals surface area contributed by atoms with E-state index < -0.39 is 5.97 Å². The molecule has 2 aromatic heterocycles. The van der Waals surface area contributed by atoms with Gasteiger partial charge in [0.05, 0.1) is 23.1 Å². The normalized spacial score (nSPS) is 11.0. The minimum atomic E-state index is -0.515. The number of hydrogen-bond acceptors (Lipinski definition) is 3. The number of rotatable bonds is 3. The first-order chi connectivity index (χ1) is 11.4. The molecule has 7 heteroatoms. The van der Waals surface area contributed by atoms with Gasteiger partial charge in [0.15, 0.2) is 0 Å². The molecule has 0 radical (unpaired) electrons. The Morgan fingerprint density at radius 3 is 2.75 bits per heavy atom. The number of hydrogen-bond donors (Lipinski definition) is 2. The van der Waals surface area contributed by atoms with E-state index >= 15 is 0 Å². The van der Waals surface area contributed by atoms with Crippen LogP contribution in [0.2, 0.25) is 10.0 Å². The molecule has 3 aromatic rings. The number of aromatic amines is 1. The Morgan fingerprint density at radius 2 is 2.08 bits per heavy atom. The summed E-state index contributed by atoms with van der Waals surface area (Å²) in [5, 5.41) is 11.5. The van der Waals surface area contributed by atoms with E-state index in [0.717, 1.165) is 21.4 Å². The maximum absolute atomic E-state index is 11.8. The maximum Gasteiger partial charge on any atom is 0.339 e. The fourth-order valence-electron chi connectivity index (χ4n) is 2.64. The zero-order valence-corrected chi connectivity index (χ0v) is 14.6. The molecule has 0 spiro atoms. The highest BCUT2D eigenvalue weighted by molar-refractivity contribution is 6.38. The molecular weight excluding hydrogens is 351 g/mol. The summed E-state index contributed by atoms with van der Waals surface area (Å²) in [6.07, 6.45) is 1.95. The van der Waals surface area contributed by atoms with Gasteiger partial charge >= 0.3 is 11.6 Å². The molecule has 0 bridgehead atoms. The highest BCUT2D eigenvalue weighted by Crippen LogP contribution is 2.31. The van der Waals surface area contributed by atoms with Crippen LogP contribution in [0.1, 0.15) is 27.2 Å². The fourth-order valence-corrected chi connectivity index (χ4v) is 3.22. The highest BCUT2D eigenvalue weighted by atomic mass is 35.5. The number of carbonyl (C=O) groups excluding carboxylic acids is 1. The van der Waals surface area contributed by atoms with Gasteiger partial charge in [-0.3, -0.25) is 0 Å². The van der Waals surface area contributed by atoms with E-state index in [0.29, 0.717) is 22.7 Å². The Kier molecular flexibility index (Phi) is 4.39. The zero-order valence-electron chi connectivity index (χ0n) is 13.1. The first-order valence-corrected chi connectivity index (χ1v) is 7.95. The molecule has 124 valence electrons. The van der Waals surface area contributed by atoms with Crippen molar-refractivity contribution in [2.75, 3.05) is 7.11 Å². The molecular formula is C17H15Cl2N2O3+. The minimum absolute atomic E-state index is 0.265. The van der Waals surface area contributed by atoms with E-state index in [4.69, 9.17) is 27.9 Å². The monoisotopic (exact) mass is 365 g/mol. The molecule has 0 saturated heterocycles. The molecule has 0 aliphatic carbocycles.